The van der Waals surface area contributed by atoms with Crippen LogP contribution in [0, 0.1) is 5.92 Å². The number of benzene rings is 1. The van der Waals surface area contributed by atoms with Gasteiger partial charge in [0.25, 0.3) is 5.91 Å². The number of carbonyl (C=O) groups is 3. The first kappa shape index (κ1) is 20.9. The molecule has 0 spiro atoms. The number of ketones is 1. The first-order valence-electron chi connectivity index (χ1n) is 9.77. The highest BCUT2D eigenvalue weighted by molar-refractivity contribution is 5.99. The van der Waals surface area contributed by atoms with Crippen molar-refractivity contribution in [3.05, 3.63) is 23.8 Å². The van der Waals surface area contributed by atoms with Gasteiger partial charge in [-0.25, -0.2) is 0 Å². The van der Waals surface area contributed by atoms with E-state index in [4.69, 9.17) is 4.74 Å². The Balaban J connectivity index is 1.97. The van der Waals surface area contributed by atoms with Crippen LogP contribution in [0.2, 0.25) is 0 Å². The van der Waals surface area contributed by atoms with Gasteiger partial charge in [0.15, 0.2) is 12.4 Å². The largest absolute Gasteiger partial charge is 0.483 e. The quantitative estimate of drug-likeness (QED) is 0.680. The van der Waals surface area contributed by atoms with Crippen molar-refractivity contribution in [1.29, 1.82) is 0 Å². The molecule has 1 saturated carbocycles. The van der Waals surface area contributed by atoms with Gasteiger partial charge in [0.05, 0.1) is 5.56 Å². The summed E-state index contributed by atoms with van der Waals surface area (Å²) in [5, 5.41) is 5.80. The van der Waals surface area contributed by atoms with Crippen LogP contribution in [0.1, 0.15) is 69.7 Å². The summed E-state index contributed by atoms with van der Waals surface area (Å²) in [6.45, 7) is 5.38. The zero-order valence-electron chi connectivity index (χ0n) is 16.5. The molecule has 0 heterocycles. The molecule has 2 atom stereocenters. The van der Waals surface area contributed by atoms with Gasteiger partial charge in [0.1, 0.15) is 5.75 Å². The van der Waals surface area contributed by atoms with E-state index in [1.54, 1.807) is 18.2 Å². The lowest BCUT2D eigenvalue weighted by atomic mass is 9.86. The van der Waals surface area contributed by atoms with Crippen molar-refractivity contribution >= 4 is 23.3 Å². The van der Waals surface area contributed by atoms with Crippen molar-refractivity contribution in [3.8, 4) is 5.75 Å². The van der Waals surface area contributed by atoms with Crippen LogP contribution in [0.25, 0.3) is 0 Å². The molecule has 1 aliphatic carbocycles. The van der Waals surface area contributed by atoms with Gasteiger partial charge in [-0.1, -0.05) is 26.7 Å². The first-order valence-corrected chi connectivity index (χ1v) is 9.77. The molecule has 0 aliphatic heterocycles. The second-order valence-corrected chi connectivity index (χ2v) is 7.29. The molecule has 1 aromatic carbocycles. The molecule has 0 bridgehead atoms. The molecule has 0 aromatic heterocycles. The third kappa shape index (κ3) is 6.38. The van der Waals surface area contributed by atoms with E-state index in [0.29, 0.717) is 29.3 Å². The van der Waals surface area contributed by atoms with E-state index in [2.05, 4.69) is 17.6 Å². The van der Waals surface area contributed by atoms with E-state index in [1.165, 1.54) is 13.3 Å². The summed E-state index contributed by atoms with van der Waals surface area (Å²) in [4.78, 5) is 35.9. The molecule has 27 heavy (non-hydrogen) atoms. The molecule has 6 nitrogen and oxygen atoms in total. The highest BCUT2D eigenvalue weighted by Gasteiger charge is 2.23. The molecule has 2 amide bonds. The van der Waals surface area contributed by atoms with E-state index >= 15 is 0 Å². The predicted octanol–water partition coefficient (Wildman–Crippen LogP) is 3.70. The smallest absolute Gasteiger partial charge is 0.258 e. The summed E-state index contributed by atoms with van der Waals surface area (Å²) in [5.74, 6) is 0.368. The average Bonchev–Trinajstić information content (AvgIpc) is 2.62. The number of ether oxygens (including phenoxy) is 1. The zero-order chi connectivity index (χ0) is 19.8. The standard InChI is InChI=1S/C21H30N2O4/c1-4-7-20(25)22-16-10-11-19(17(12-16)15(3)24)27-13-21(26)23-18-9-6-5-8-14(18)2/h10-12,14,18H,4-9,13H2,1-3H3,(H,22,25)(H,23,26). The fraction of sp³-hybridized carbons (Fsp3) is 0.571. The minimum absolute atomic E-state index is 0.0957. The Morgan fingerprint density at radius 3 is 2.56 bits per heavy atom. The summed E-state index contributed by atoms with van der Waals surface area (Å²) < 4.78 is 5.60. The highest BCUT2D eigenvalue weighted by Crippen LogP contribution is 2.25. The summed E-state index contributed by atoms with van der Waals surface area (Å²) >= 11 is 0. The highest BCUT2D eigenvalue weighted by atomic mass is 16.5. The number of Topliss-reactive ketones (excluding diaryl/α,β-unsaturated/α-hetero) is 1. The maximum atomic E-state index is 12.2. The molecule has 0 radical (unpaired) electrons. The van der Waals surface area contributed by atoms with Crippen molar-refractivity contribution < 1.29 is 19.1 Å². The minimum Gasteiger partial charge on any atom is -0.483 e. The number of anilines is 1. The van der Waals surface area contributed by atoms with Crippen LogP contribution in [0.5, 0.6) is 5.75 Å². The van der Waals surface area contributed by atoms with Crippen LogP contribution in [0.4, 0.5) is 5.69 Å². The maximum absolute atomic E-state index is 12.2. The van der Waals surface area contributed by atoms with Crippen LogP contribution in [0.3, 0.4) is 0 Å². The minimum atomic E-state index is -0.182. The van der Waals surface area contributed by atoms with E-state index in [-0.39, 0.29) is 30.2 Å². The third-order valence-corrected chi connectivity index (χ3v) is 4.94. The average molecular weight is 374 g/mol. The second kappa shape index (κ2) is 10.1. The lowest BCUT2D eigenvalue weighted by Crippen LogP contribution is -2.43. The first-order chi connectivity index (χ1) is 12.9. The van der Waals surface area contributed by atoms with Gasteiger partial charge in [-0.15, -0.1) is 0 Å². The molecule has 1 aliphatic rings. The lowest BCUT2D eigenvalue weighted by molar-refractivity contribution is -0.124. The summed E-state index contributed by atoms with van der Waals surface area (Å²) in [5.41, 5.74) is 0.898. The van der Waals surface area contributed by atoms with Crippen LogP contribution in [-0.4, -0.2) is 30.2 Å². The van der Waals surface area contributed by atoms with Gasteiger partial charge < -0.3 is 15.4 Å². The number of hydrogen-bond acceptors (Lipinski definition) is 4. The second-order valence-electron chi connectivity index (χ2n) is 7.29. The molecule has 2 rings (SSSR count). The molecule has 6 heteroatoms. The van der Waals surface area contributed by atoms with E-state index < -0.39 is 0 Å². The molecule has 1 aromatic rings. The van der Waals surface area contributed by atoms with Crippen LogP contribution < -0.4 is 15.4 Å². The molecule has 1 fully saturated rings. The van der Waals surface area contributed by atoms with Crippen LogP contribution >= 0.6 is 0 Å². The SMILES string of the molecule is CCCC(=O)Nc1ccc(OCC(=O)NC2CCCCC2C)c(C(C)=O)c1. The Kier molecular flexibility index (Phi) is 7.82. The van der Waals surface area contributed by atoms with Gasteiger partial charge in [0.2, 0.25) is 5.91 Å². The Labute approximate surface area is 161 Å². The van der Waals surface area contributed by atoms with Crippen molar-refractivity contribution in [2.24, 2.45) is 5.92 Å². The molecule has 2 unspecified atom stereocenters. The Morgan fingerprint density at radius 1 is 1.15 bits per heavy atom. The zero-order valence-corrected chi connectivity index (χ0v) is 16.5. The third-order valence-electron chi connectivity index (χ3n) is 4.94. The van der Waals surface area contributed by atoms with Gasteiger partial charge in [0, 0.05) is 18.2 Å². The van der Waals surface area contributed by atoms with Crippen molar-refractivity contribution in [2.45, 2.75) is 65.3 Å². The molecular formula is C21H30N2O4. The number of carbonyl (C=O) groups excluding carboxylic acids is 3. The summed E-state index contributed by atoms with van der Waals surface area (Å²) in [6.07, 6.45) is 5.65. The van der Waals surface area contributed by atoms with Crippen molar-refractivity contribution in [1.82, 2.24) is 5.32 Å². The van der Waals surface area contributed by atoms with Crippen molar-refractivity contribution in [3.63, 3.8) is 0 Å². The van der Waals surface area contributed by atoms with Gasteiger partial charge in [-0.3, -0.25) is 14.4 Å². The molecule has 0 saturated heterocycles. The molecular weight excluding hydrogens is 344 g/mol. The Bertz CT molecular complexity index is 687. The van der Waals surface area contributed by atoms with E-state index in [9.17, 15) is 14.4 Å². The van der Waals surface area contributed by atoms with Crippen molar-refractivity contribution in [2.75, 3.05) is 11.9 Å². The Morgan fingerprint density at radius 2 is 1.89 bits per heavy atom. The molecule has 148 valence electrons. The Hall–Kier alpha value is -2.37. The number of nitrogens with one attached hydrogen (secondary N) is 2. The fourth-order valence-corrected chi connectivity index (χ4v) is 3.38. The number of rotatable bonds is 8. The van der Waals surface area contributed by atoms with Gasteiger partial charge >= 0.3 is 0 Å². The monoisotopic (exact) mass is 374 g/mol. The topological polar surface area (TPSA) is 84.5 Å². The van der Waals surface area contributed by atoms with Crippen LogP contribution in [-0.2, 0) is 9.59 Å². The normalized spacial score (nSPS) is 19.2. The van der Waals surface area contributed by atoms with Gasteiger partial charge in [-0.2, -0.15) is 0 Å². The predicted molar refractivity (Wildman–Crippen MR) is 105 cm³/mol. The lowest BCUT2D eigenvalue weighted by Gasteiger charge is -2.29. The number of amides is 2. The maximum Gasteiger partial charge on any atom is 0.258 e. The van der Waals surface area contributed by atoms with E-state index in [0.717, 1.165) is 25.7 Å². The van der Waals surface area contributed by atoms with Gasteiger partial charge in [-0.05, 0) is 50.3 Å². The summed E-state index contributed by atoms with van der Waals surface area (Å²) in [7, 11) is 0. The number of hydrogen-bond donors (Lipinski definition) is 2. The fourth-order valence-electron chi connectivity index (χ4n) is 3.38. The van der Waals surface area contributed by atoms with E-state index in [1.807, 2.05) is 6.92 Å². The molecule has 2 N–H and O–H groups in total. The van der Waals surface area contributed by atoms with Crippen LogP contribution in [0.15, 0.2) is 18.2 Å². The summed E-state index contributed by atoms with van der Waals surface area (Å²) in [6, 6.07) is 5.08.